The molecule has 0 spiro atoms. The average Bonchev–Trinajstić information content (AvgIpc) is 2.66. The molecule has 0 saturated heterocycles. The maximum absolute atomic E-state index is 11.8. The summed E-state index contributed by atoms with van der Waals surface area (Å²) < 4.78 is 5.28. The monoisotopic (exact) mass is 422 g/mol. The van der Waals surface area contributed by atoms with Gasteiger partial charge in [-0.1, -0.05) is 35.3 Å². The number of amides is 2. The minimum Gasteiger partial charge on any atom is -0.482 e. The number of hydrogen-bond acceptors (Lipinski definition) is 5. The normalized spacial score (nSPS) is 10.6. The smallest absolute Gasteiger partial charge is 0.259 e. The van der Waals surface area contributed by atoms with Crippen LogP contribution in [0, 0.1) is 0 Å². The Morgan fingerprint density at radius 2 is 1.82 bits per heavy atom. The number of anilines is 1. The van der Waals surface area contributed by atoms with Crippen molar-refractivity contribution in [3.05, 3.63) is 58.1 Å². The van der Waals surface area contributed by atoms with Gasteiger partial charge in [0.05, 0.1) is 17.8 Å². The quantitative estimate of drug-likeness (QED) is 0.505. The van der Waals surface area contributed by atoms with Crippen molar-refractivity contribution < 1.29 is 14.3 Å². The van der Waals surface area contributed by atoms with Gasteiger partial charge in [-0.05, 0) is 35.9 Å². The molecular weight excluding hydrogens is 403 g/mol. The number of benzene rings is 2. The molecule has 0 bridgehead atoms. The van der Waals surface area contributed by atoms with Crippen LogP contribution in [-0.2, 0) is 9.59 Å². The fourth-order valence-electron chi connectivity index (χ4n) is 2.04. The van der Waals surface area contributed by atoms with Crippen molar-refractivity contribution in [3.8, 4) is 5.75 Å². The Morgan fingerprint density at radius 1 is 1.11 bits per heavy atom. The van der Waals surface area contributed by atoms with Gasteiger partial charge < -0.3 is 15.0 Å². The van der Waals surface area contributed by atoms with Gasteiger partial charge in [-0.25, -0.2) is 5.43 Å². The van der Waals surface area contributed by atoms with E-state index in [4.69, 9.17) is 27.9 Å². The summed E-state index contributed by atoms with van der Waals surface area (Å²) in [6, 6.07) is 12.3. The second kappa shape index (κ2) is 10.5. The van der Waals surface area contributed by atoms with Gasteiger partial charge in [0.15, 0.2) is 6.61 Å². The lowest BCUT2D eigenvalue weighted by molar-refractivity contribution is -0.127. The summed E-state index contributed by atoms with van der Waals surface area (Å²) in [5.74, 6) is -0.598. The number of ether oxygens (including phenoxy) is 1. The highest BCUT2D eigenvalue weighted by atomic mass is 35.5. The van der Waals surface area contributed by atoms with Gasteiger partial charge in [0.1, 0.15) is 5.75 Å². The lowest BCUT2D eigenvalue weighted by Crippen LogP contribution is -2.37. The molecule has 9 heteroatoms. The van der Waals surface area contributed by atoms with Crippen molar-refractivity contribution in [3.63, 3.8) is 0 Å². The molecule has 2 aromatic rings. The van der Waals surface area contributed by atoms with Crippen LogP contribution in [0.1, 0.15) is 5.56 Å². The number of hydrazone groups is 1. The van der Waals surface area contributed by atoms with E-state index in [1.165, 1.54) is 12.3 Å². The molecule has 2 N–H and O–H groups in total. The summed E-state index contributed by atoms with van der Waals surface area (Å²) in [5.41, 5.74) is 4.24. The first-order valence-electron chi connectivity index (χ1n) is 8.29. The van der Waals surface area contributed by atoms with Crippen LogP contribution < -0.4 is 20.4 Å². The Morgan fingerprint density at radius 3 is 2.46 bits per heavy atom. The highest BCUT2D eigenvalue weighted by molar-refractivity contribution is 6.35. The van der Waals surface area contributed by atoms with Crippen molar-refractivity contribution in [1.82, 2.24) is 10.7 Å². The molecule has 0 unspecified atom stereocenters. The summed E-state index contributed by atoms with van der Waals surface area (Å²) in [6.07, 6.45) is 1.52. The number of nitrogens with one attached hydrogen (secondary N) is 2. The van der Waals surface area contributed by atoms with Crippen LogP contribution in [0.5, 0.6) is 5.75 Å². The zero-order chi connectivity index (χ0) is 20.5. The van der Waals surface area contributed by atoms with Crippen LogP contribution in [0.25, 0.3) is 0 Å². The van der Waals surface area contributed by atoms with Crippen molar-refractivity contribution in [2.24, 2.45) is 5.10 Å². The molecule has 0 heterocycles. The lowest BCUT2D eigenvalue weighted by atomic mass is 10.2. The standard InChI is InChI=1S/C19H20Cl2N4O3/c1-25(2)15-6-3-13(4-7-15)10-23-24-18(26)11-22-19(27)12-28-17-8-5-14(20)9-16(17)21/h3-10H,11-12H2,1-2H3,(H,22,27)(H,24,26). The molecule has 0 aliphatic carbocycles. The molecule has 2 amide bonds. The first-order chi connectivity index (χ1) is 13.3. The van der Waals surface area contributed by atoms with Gasteiger partial charge in [-0.15, -0.1) is 0 Å². The molecular formula is C19H20Cl2N4O3. The fourth-order valence-corrected chi connectivity index (χ4v) is 2.51. The Hall–Kier alpha value is -2.77. The van der Waals surface area contributed by atoms with Gasteiger partial charge in [0, 0.05) is 24.8 Å². The lowest BCUT2D eigenvalue weighted by Gasteiger charge is -2.11. The molecule has 2 rings (SSSR count). The summed E-state index contributed by atoms with van der Waals surface area (Å²) in [6.45, 7) is -0.510. The molecule has 148 valence electrons. The van der Waals surface area contributed by atoms with E-state index in [1.54, 1.807) is 12.1 Å². The summed E-state index contributed by atoms with van der Waals surface area (Å²) in [7, 11) is 3.90. The van der Waals surface area contributed by atoms with Gasteiger partial charge in [-0.3, -0.25) is 9.59 Å². The van der Waals surface area contributed by atoms with Crippen LogP contribution in [0.3, 0.4) is 0 Å². The van der Waals surface area contributed by atoms with Crippen LogP contribution in [0.4, 0.5) is 5.69 Å². The van der Waals surface area contributed by atoms with Crippen LogP contribution in [0.15, 0.2) is 47.6 Å². The van der Waals surface area contributed by atoms with Gasteiger partial charge in [0.25, 0.3) is 11.8 Å². The highest BCUT2D eigenvalue weighted by Gasteiger charge is 2.08. The largest absolute Gasteiger partial charge is 0.482 e. The molecule has 2 aromatic carbocycles. The van der Waals surface area contributed by atoms with E-state index in [9.17, 15) is 9.59 Å². The third-order valence-electron chi connectivity index (χ3n) is 3.51. The van der Waals surface area contributed by atoms with Crippen molar-refractivity contribution in [2.75, 3.05) is 32.1 Å². The second-order valence-electron chi connectivity index (χ2n) is 5.92. The van der Waals surface area contributed by atoms with E-state index in [2.05, 4.69) is 15.8 Å². The zero-order valence-corrected chi connectivity index (χ0v) is 16.9. The predicted molar refractivity (Wildman–Crippen MR) is 111 cm³/mol. The Bertz CT molecular complexity index is 855. The van der Waals surface area contributed by atoms with E-state index in [0.29, 0.717) is 15.8 Å². The van der Waals surface area contributed by atoms with Gasteiger partial charge >= 0.3 is 0 Å². The molecule has 7 nitrogen and oxygen atoms in total. The van der Waals surface area contributed by atoms with E-state index in [0.717, 1.165) is 11.3 Å². The molecule has 28 heavy (non-hydrogen) atoms. The fraction of sp³-hybridized carbons (Fsp3) is 0.211. The summed E-state index contributed by atoms with van der Waals surface area (Å²) in [4.78, 5) is 25.5. The number of rotatable bonds is 8. The van der Waals surface area contributed by atoms with Crippen LogP contribution in [0.2, 0.25) is 10.0 Å². The van der Waals surface area contributed by atoms with Crippen molar-refractivity contribution >= 4 is 46.9 Å². The van der Waals surface area contributed by atoms with Crippen molar-refractivity contribution in [2.45, 2.75) is 0 Å². The van der Waals surface area contributed by atoms with Crippen molar-refractivity contribution in [1.29, 1.82) is 0 Å². The third-order valence-corrected chi connectivity index (χ3v) is 4.04. The SMILES string of the molecule is CN(C)c1ccc(C=NNC(=O)CNC(=O)COc2ccc(Cl)cc2Cl)cc1. The van der Waals surface area contributed by atoms with E-state index >= 15 is 0 Å². The number of hydrogen-bond donors (Lipinski definition) is 2. The molecule has 0 atom stereocenters. The average molecular weight is 423 g/mol. The molecule has 0 saturated carbocycles. The maximum atomic E-state index is 11.8. The number of carbonyl (C=O) groups excluding carboxylic acids is 2. The van der Waals surface area contributed by atoms with Gasteiger partial charge in [0.2, 0.25) is 0 Å². The minimum atomic E-state index is -0.468. The van der Waals surface area contributed by atoms with Crippen LogP contribution >= 0.6 is 23.2 Å². The van der Waals surface area contributed by atoms with E-state index in [-0.39, 0.29) is 13.2 Å². The molecule has 0 aliphatic rings. The summed E-state index contributed by atoms with van der Waals surface area (Å²) in [5, 5.41) is 7.05. The number of halogens is 2. The first kappa shape index (κ1) is 21.5. The third kappa shape index (κ3) is 7.09. The van der Waals surface area contributed by atoms with Gasteiger partial charge in [-0.2, -0.15) is 5.10 Å². The predicted octanol–water partition coefficient (Wildman–Crippen LogP) is 2.70. The first-order valence-corrected chi connectivity index (χ1v) is 9.04. The topological polar surface area (TPSA) is 83.0 Å². The summed E-state index contributed by atoms with van der Waals surface area (Å²) >= 11 is 11.7. The maximum Gasteiger partial charge on any atom is 0.259 e. The minimum absolute atomic E-state index is 0.229. The Labute approximate surface area is 173 Å². The Kier molecular flexibility index (Phi) is 8.10. The number of nitrogens with zero attached hydrogens (tertiary/aromatic N) is 2. The Balaban J connectivity index is 1.70. The van der Waals surface area contributed by atoms with E-state index < -0.39 is 11.8 Å². The molecule has 0 aliphatic heterocycles. The molecule has 0 aromatic heterocycles. The van der Waals surface area contributed by atoms with E-state index in [1.807, 2.05) is 43.3 Å². The number of carbonyl (C=O) groups is 2. The second-order valence-corrected chi connectivity index (χ2v) is 6.76. The molecule has 0 fully saturated rings. The highest BCUT2D eigenvalue weighted by Crippen LogP contribution is 2.27. The molecule has 0 radical (unpaired) electrons. The van der Waals surface area contributed by atoms with Crippen LogP contribution in [-0.4, -0.2) is 45.3 Å². The zero-order valence-electron chi connectivity index (χ0n) is 15.4.